The third kappa shape index (κ3) is 2.95. The van der Waals surface area contributed by atoms with E-state index in [1.54, 1.807) is 6.08 Å². The predicted molar refractivity (Wildman–Crippen MR) is 51.8 cm³/mol. The molecule has 1 aliphatic rings. The number of nitrogens with zero attached hydrogens (tertiary/aromatic N) is 1. The first-order valence-corrected chi connectivity index (χ1v) is 4.40. The van der Waals surface area contributed by atoms with Crippen molar-refractivity contribution in [3.63, 3.8) is 0 Å². The molecule has 0 bridgehead atoms. The lowest BCUT2D eigenvalue weighted by molar-refractivity contribution is 0.758. The quantitative estimate of drug-likeness (QED) is 0.486. The van der Waals surface area contributed by atoms with E-state index in [1.165, 1.54) is 12.8 Å². The van der Waals surface area contributed by atoms with Crippen LogP contribution in [0.5, 0.6) is 0 Å². The SMILES string of the molecule is CC(C)C(N)=CC(N)=NC1CC1. The Bertz CT molecular complexity index is 212. The van der Waals surface area contributed by atoms with Crippen LogP contribution in [0.3, 0.4) is 0 Å². The van der Waals surface area contributed by atoms with Gasteiger partial charge >= 0.3 is 0 Å². The third-order valence-corrected chi connectivity index (χ3v) is 1.86. The standard InChI is InChI=1S/C9H17N3/c1-6(2)8(10)5-9(11)12-7-3-4-7/h5-7H,3-4,10H2,1-2H3,(H2,11,12). The highest BCUT2D eigenvalue weighted by Gasteiger charge is 2.19. The van der Waals surface area contributed by atoms with Crippen molar-refractivity contribution >= 4 is 5.84 Å². The number of amidine groups is 1. The van der Waals surface area contributed by atoms with Gasteiger partial charge in [-0.3, -0.25) is 4.99 Å². The summed E-state index contributed by atoms with van der Waals surface area (Å²) in [5, 5.41) is 0. The van der Waals surface area contributed by atoms with Crippen molar-refractivity contribution in [2.24, 2.45) is 22.4 Å². The van der Waals surface area contributed by atoms with Crippen LogP contribution in [-0.2, 0) is 0 Å². The van der Waals surface area contributed by atoms with Crippen molar-refractivity contribution in [2.45, 2.75) is 32.7 Å². The molecule has 0 aromatic rings. The number of rotatable bonds is 3. The number of hydrogen-bond acceptors (Lipinski definition) is 2. The Morgan fingerprint density at radius 2 is 2.00 bits per heavy atom. The molecule has 3 nitrogen and oxygen atoms in total. The van der Waals surface area contributed by atoms with E-state index in [4.69, 9.17) is 11.5 Å². The smallest absolute Gasteiger partial charge is 0.120 e. The predicted octanol–water partition coefficient (Wildman–Crippen LogP) is 1.00. The van der Waals surface area contributed by atoms with Crippen LogP contribution in [0.2, 0.25) is 0 Å². The van der Waals surface area contributed by atoms with E-state index >= 15 is 0 Å². The molecular formula is C9H17N3. The molecule has 68 valence electrons. The maximum atomic E-state index is 5.71. The van der Waals surface area contributed by atoms with Gasteiger partial charge in [-0.2, -0.15) is 0 Å². The van der Waals surface area contributed by atoms with Gasteiger partial charge in [-0.25, -0.2) is 0 Å². The van der Waals surface area contributed by atoms with Gasteiger partial charge in [-0.1, -0.05) is 13.8 Å². The van der Waals surface area contributed by atoms with Crippen LogP contribution in [0.15, 0.2) is 16.8 Å². The van der Waals surface area contributed by atoms with Crippen LogP contribution in [-0.4, -0.2) is 11.9 Å². The molecule has 3 heteroatoms. The Kier molecular flexibility index (Phi) is 2.74. The largest absolute Gasteiger partial charge is 0.402 e. The first-order valence-electron chi connectivity index (χ1n) is 4.40. The molecule has 0 spiro atoms. The summed E-state index contributed by atoms with van der Waals surface area (Å²) >= 11 is 0. The van der Waals surface area contributed by atoms with Gasteiger partial charge in [0.25, 0.3) is 0 Å². The van der Waals surface area contributed by atoms with Gasteiger partial charge in [0.05, 0.1) is 6.04 Å². The Morgan fingerprint density at radius 1 is 1.42 bits per heavy atom. The molecule has 1 fully saturated rings. The topological polar surface area (TPSA) is 64.4 Å². The monoisotopic (exact) mass is 167 g/mol. The average molecular weight is 167 g/mol. The molecule has 0 aromatic heterocycles. The maximum Gasteiger partial charge on any atom is 0.120 e. The molecule has 0 unspecified atom stereocenters. The summed E-state index contributed by atoms with van der Waals surface area (Å²) in [6.45, 7) is 4.08. The number of allylic oxidation sites excluding steroid dienone is 1. The highest BCUT2D eigenvalue weighted by Crippen LogP contribution is 2.23. The first-order chi connectivity index (χ1) is 5.59. The van der Waals surface area contributed by atoms with Crippen LogP contribution in [0, 0.1) is 5.92 Å². The fourth-order valence-corrected chi connectivity index (χ4v) is 0.789. The fraction of sp³-hybridized carbons (Fsp3) is 0.667. The fourth-order valence-electron chi connectivity index (χ4n) is 0.789. The summed E-state index contributed by atoms with van der Waals surface area (Å²) in [5.74, 6) is 0.918. The molecule has 1 aliphatic carbocycles. The second-order valence-corrected chi connectivity index (χ2v) is 3.58. The van der Waals surface area contributed by atoms with Gasteiger partial charge in [0.15, 0.2) is 0 Å². The molecular weight excluding hydrogens is 150 g/mol. The van der Waals surface area contributed by atoms with Crippen molar-refractivity contribution in [1.29, 1.82) is 0 Å². The van der Waals surface area contributed by atoms with E-state index in [0.29, 0.717) is 17.8 Å². The molecule has 0 saturated heterocycles. The molecule has 0 atom stereocenters. The summed E-state index contributed by atoms with van der Waals surface area (Å²) in [5.41, 5.74) is 12.2. The van der Waals surface area contributed by atoms with Gasteiger partial charge in [0.2, 0.25) is 0 Å². The van der Waals surface area contributed by atoms with Crippen LogP contribution in [0.1, 0.15) is 26.7 Å². The van der Waals surface area contributed by atoms with Crippen molar-refractivity contribution in [2.75, 3.05) is 0 Å². The van der Waals surface area contributed by atoms with Crippen molar-refractivity contribution in [3.05, 3.63) is 11.8 Å². The zero-order valence-corrected chi connectivity index (χ0v) is 7.75. The zero-order valence-electron chi connectivity index (χ0n) is 7.75. The molecule has 1 saturated carbocycles. The van der Waals surface area contributed by atoms with E-state index in [1.807, 2.05) is 13.8 Å². The summed E-state index contributed by atoms with van der Waals surface area (Å²) in [7, 11) is 0. The first kappa shape index (κ1) is 9.10. The van der Waals surface area contributed by atoms with E-state index in [2.05, 4.69) is 4.99 Å². The van der Waals surface area contributed by atoms with Crippen LogP contribution in [0.4, 0.5) is 0 Å². The van der Waals surface area contributed by atoms with E-state index < -0.39 is 0 Å². The van der Waals surface area contributed by atoms with Crippen LogP contribution < -0.4 is 11.5 Å². The van der Waals surface area contributed by atoms with Gasteiger partial charge < -0.3 is 11.5 Å². The zero-order chi connectivity index (χ0) is 9.14. The Balaban J connectivity index is 2.52. The number of hydrogen-bond donors (Lipinski definition) is 2. The second kappa shape index (κ2) is 3.61. The van der Waals surface area contributed by atoms with E-state index in [9.17, 15) is 0 Å². The molecule has 1 rings (SSSR count). The average Bonchev–Trinajstić information content (AvgIpc) is 2.71. The van der Waals surface area contributed by atoms with Gasteiger partial charge in [0, 0.05) is 5.70 Å². The summed E-state index contributed by atoms with van der Waals surface area (Å²) in [4.78, 5) is 4.25. The second-order valence-electron chi connectivity index (χ2n) is 3.58. The van der Waals surface area contributed by atoms with E-state index in [-0.39, 0.29) is 0 Å². The molecule has 12 heavy (non-hydrogen) atoms. The van der Waals surface area contributed by atoms with E-state index in [0.717, 1.165) is 5.70 Å². The van der Waals surface area contributed by atoms with Gasteiger partial charge in [-0.05, 0) is 24.8 Å². The molecule has 0 radical (unpaired) electrons. The highest BCUT2D eigenvalue weighted by atomic mass is 14.9. The third-order valence-electron chi connectivity index (χ3n) is 1.86. The normalized spacial score (nSPS) is 20.2. The van der Waals surface area contributed by atoms with Crippen LogP contribution >= 0.6 is 0 Å². The van der Waals surface area contributed by atoms with Gasteiger partial charge in [-0.15, -0.1) is 0 Å². The van der Waals surface area contributed by atoms with Crippen molar-refractivity contribution < 1.29 is 0 Å². The summed E-state index contributed by atoms with van der Waals surface area (Å²) in [6.07, 6.45) is 4.12. The minimum Gasteiger partial charge on any atom is -0.402 e. The van der Waals surface area contributed by atoms with Crippen molar-refractivity contribution in [1.82, 2.24) is 0 Å². The molecule has 0 aromatic carbocycles. The summed E-state index contributed by atoms with van der Waals surface area (Å²) < 4.78 is 0. The van der Waals surface area contributed by atoms with Crippen molar-refractivity contribution in [3.8, 4) is 0 Å². The number of nitrogens with two attached hydrogens (primary N) is 2. The molecule has 0 aliphatic heterocycles. The lowest BCUT2D eigenvalue weighted by Gasteiger charge is -2.03. The lowest BCUT2D eigenvalue weighted by atomic mass is 10.1. The molecule has 0 heterocycles. The highest BCUT2D eigenvalue weighted by molar-refractivity contribution is 5.92. The molecule has 0 amide bonds. The lowest BCUT2D eigenvalue weighted by Crippen LogP contribution is -2.15. The van der Waals surface area contributed by atoms with Crippen LogP contribution in [0.25, 0.3) is 0 Å². The van der Waals surface area contributed by atoms with Gasteiger partial charge in [0.1, 0.15) is 5.84 Å². The maximum absolute atomic E-state index is 5.71. The minimum atomic E-state index is 0.345. The molecule has 4 N–H and O–H groups in total. The Hall–Kier alpha value is -0.990. The number of aliphatic imine (C=N–C) groups is 1. The Morgan fingerprint density at radius 3 is 2.42 bits per heavy atom. The Labute approximate surface area is 73.5 Å². The minimum absolute atomic E-state index is 0.345. The summed E-state index contributed by atoms with van der Waals surface area (Å²) in [6, 6.07) is 0.473.